The number of nitrogens with one attached hydrogen (secondary N) is 2. The highest BCUT2D eigenvalue weighted by Gasteiger charge is 2.09. The maximum absolute atomic E-state index is 12.0. The molecule has 0 bridgehead atoms. The number of ether oxygens (including phenoxy) is 1. The molecule has 23 heavy (non-hydrogen) atoms. The molecular weight excluding hydrogens is 288 g/mol. The molecule has 0 unspecified atom stereocenters. The summed E-state index contributed by atoms with van der Waals surface area (Å²) in [4.78, 5) is 15.3. The number of rotatable bonds is 5. The predicted octanol–water partition coefficient (Wildman–Crippen LogP) is 3.48. The van der Waals surface area contributed by atoms with E-state index in [0.29, 0.717) is 12.3 Å². The van der Waals surface area contributed by atoms with Crippen LogP contribution in [0, 0.1) is 13.8 Å². The van der Waals surface area contributed by atoms with Crippen LogP contribution in [0.3, 0.4) is 0 Å². The molecule has 0 aliphatic heterocycles. The van der Waals surface area contributed by atoms with Gasteiger partial charge in [-0.1, -0.05) is 35.9 Å². The van der Waals surface area contributed by atoms with Crippen LogP contribution in [-0.4, -0.2) is 17.5 Å². The highest BCUT2D eigenvalue weighted by Crippen LogP contribution is 2.21. The minimum atomic E-state index is -0.129. The summed E-state index contributed by atoms with van der Waals surface area (Å²) in [5, 5.41) is 4.06. The first-order valence-corrected chi connectivity index (χ1v) is 7.66. The lowest BCUT2D eigenvalue weighted by atomic mass is 10.1. The predicted molar refractivity (Wildman–Crippen MR) is 91.6 cm³/mol. The van der Waals surface area contributed by atoms with E-state index in [1.807, 2.05) is 56.3 Å². The second kappa shape index (κ2) is 6.57. The summed E-state index contributed by atoms with van der Waals surface area (Å²) in [7, 11) is 0. The Balaban J connectivity index is 1.58. The molecule has 3 rings (SSSR count). The zero-order valence-corrected chi connectivity index (χ0v) is 13.3. The van der Waals surface area contributed by atoms with Gasteiger partial charge in [0, 0.05) is 23.1 Å². The van der Waals surface area contributed by atoms with Gasteiger partial charge in [0.25, 0.3) is 5.91 Å². The highest BCUT2D eigenvalue weighted by atomic mass is 16.5. The smallest absolute Gasteiger partial charge is 0.258 e. The number of benzene rings is 2. The van der Waals surface area contributed by atoms with Gasteiger partial charge in [-0.25, -0.2) is 0 Å². The monoisotopic (exact) mass is 308 g/mol. The number of carbonyl (C=O) groups excluding carboxylic acids is 1. The van der Waals surface area contributed by atoms with E-state index < -0.39 is 0 Å². The summed E-state index contributed by atoms with van der Waals surface area (Å²) in [6.07, 6.45) is 0. The van der Waals surface area contributed by atoms with Gasteiger partial charge in [-0.15, -0.1) is 0 Å². The van der Waals surface area contributed by atoms with Gasteiger partial charge < -0.3 is 15.0 Å². The maximum Gasteiger partial charge on any atom is 0.258 e. The number of amides is 1. The minimum absolute atomic E-state index is 0.0183. The van der Waals surface area contributed by atoms with E-state index in [-0.39, 0.29) is 12.5 Å². The lowest BCUT2D eigenvalue weighted by Crippen LogP contribution is -2.28. The van der Waals surface area contributed by atoms with E-state index in [0.717, 1.165) is 27.7 Å². The zero-order chi connectivity index (χ0) is 16.2. The molecule has 0 saturated carbocycles. The third-order valence-electron chi connectivity index (χ3n) is 3.88. The molecule has 0 radical (unpaired) electrons. The first-order valence-electron chi connectivity index (χ1n) is 7.66. The van der Waals surface area contributed by atoms with Gasteiger partial charge >= 0.3 is 0 Å². The molecule has 0 fully saturated rings. The molecule has 1 amide bonds. The standard InChI is InChI=1S/C19H20N2O2/c1-13-7-9-15(10-8-13)23-12-19(22)20-11-17-14(2)21-18-6-4-3-5-16(17)18/h3-10,21H,11-12H2,1-2H3,(H,20,22). The Bertz CT molecular complexity index is 819. The van der Waals surface area contributed by atoms with Crippen LogP contribution in [0.5, 0.6) is 5.75 Å². The molecule has 4 heteroatoms. The summed E-state index contributed by atoms with van der Waals surface area (Å²) in [5.41, 5.74) is 4.44. The first kappa shape index (κ1) is 15.2. The van der Waals surface area contributed by atoms with Gasteiger partial charge in [-0.3, -0.25) is 4.79 Å². The Morgan fingerprint density at radius 3 is 2.61 bits per heavy atom. The molecule has 0 spiro atoms. The average molecular weight is 308 g/mol. The van der Waals surface area contributed by atoms with Gasteiger partial charge in [0.15, 0.2) is 6.61 Å². The molecule has 3 aromatic rings. The van der Waals surface area contributed by atoms with E-state index >= 15 is 0 Å². The van der Waals surface area contributed by atoms with Crippen molar-refractivity contribution in [2.45, 2.75) is 20.4 Å². The fraction of sp³-hybridized carbons (Fsp3) is 0.211. The second-order valence-corrected chi connectivity index (χ2v) is 5.65. The number of hydrogen-bond acceptors (Lipinski definition) is 2. The number of hydrogen-bond donors (Lipinski definition) is 2. The van der Waals surface area contributed by atoms with Crippen molar-refractivity contribution >= 4 is 16.8 Å². The molecule has 0 aliphatic rings. The molecule has 118 valence electrons. The van der Waals surface area contributed by atoms with Gasteiger partial charge in [0.1, 0.15) is 5.75 Å². The number of fused-ring (bicyclic) bond motifs is 1. The van der Waals surface area contributed by atoms with E-state index in [4.69, 9.17) is 4.74 Å². The Morgan fingerprint density at radius 2 is 1.83 bits per heavy atom. The van der Waals surface area contributed by atoms with E-state index in [9.17, 15) is 4.79 Å². The van der Waals surface area contributed by atoms with Crippen LogP contribution in [0.1, 0.15) is 16.8 Å². The number of para-hydroxylation sites is 1. The summed E-state index contributed by atoms with van der Waals surface area (Å²) in [6, 6.07) is 15.7. The number of aromatic amines is 1. The molecule has 2 N–H and O–H groups in total. The summed E-state index contributed by atoms with van der Waals surface area (Å²) in [5.74, 6) is 0.573. The Morgan fingerprint density at radius 1 is 1.09 bits per heavy atom. The van der Waals surface area contributed by atoms with Crippen molar-refractivity contribution in [3.05, 3.63) is 65.4 Å². The summed E-state index contributed by atoms with van der Waals surface area (Å²) < 4.78 is 5.49. The van der Waals surface area contributed by atoms with E-state index in [1.54, 1.807) is 0 Å². The topological polar surface area (TPSA) is 54.1 Å². The van der Waals surface area contributed by atoms with E-state index in [2.05, 4.69) is 16.4 Å². The SMILES string of the molecule is Cc1ccc(OCC(=O)NCc2c(C)[nH]c3ccccc23)cc1. The van der Waals surface area contributed by atoms with Crippen molar-refractivity contribution in [2.75, 3.05) is 6.61 Å². The maximum atomic E-state index is 12.0. The van der Waals surface area contributed by atoms with Crippen LogP contribution in [-0.2, 0) is 11.3 Å². The fourth-order valence-electron chi connectivity index (χ4n) is 2.58. The van der Waals surface area contributed by atoms with Crippen molar-refractivity contribution in [1.82, 2.24) is 10.3 Å². The Hall–Kier alpha value is -2.75. The van der Waals surface area contributed by atoms with Crippen LogP contribution in [0.2, 0.25) is 0 Å². The average Bonchev–Trinajstić information content (AvgIpc) is 2.87. The fourth-order valence-corrected chi connectivity index (χ4v) is 2.58. The van der Waals surface area contributed by atoms with Crippen molar-refractivity contribution in [3.8, 4) is 5.75 Å². The largest absolute Gasteiger partial charge is 0.484 e. The Kier molecular flexibility index (Phi) is 4.33. The Labute approximate surface area is 135 Å². The molecule has 4 nitrogen and oxygen atoms in total. The molecule has 1 heterocycles. The summed E-state index contributed by atoms with van der Waals surface area (Å²) in [6.45, 7) is 4.54. The van der Waals surface area contributed by atoms with Gasteiger partial charge in [0.2, 0.25) is 0 Å². The van der Waals surface area contributed by atoms with Crippen molar-refractivity contribution in [3.63, 3.8) is 0 Å². The molecule has 2 aromatic carbocycles. The minimum Gasteiger partial charge on any atom is -0.484 e. The lowest BCUT2D eigenvalue weighted by molar-refractivity contribution is -0.123. The van der Waals surface area contributed by atoms with Crippen LogP contribution in [0.25, 0.3) is 10.9 Å². The number of carbonyl (C=O) groups is 1. The molecule has 0 aliphatic carbocycles. The number of H-pyrrole nitrogens is 1. The van der Waals surface area contributed by atoms with E-state index in [1.165, 1.54) is 0 Å². The third-order valence-corrected chi connectivity index (χ3v) is 3.88. The van der Waals surface area contributed by atoms with Crippen molar-refractivity contribution in [2.24, 2.45) is 0 Å². The highest BCUT2D eigenvalue weighted by molar-refractivity contribution is 5.85. The van der Waals surface area contributed by atoms with Crippen LogP contribution in [0.4, 0.5) is 0 Å². The van der Waals surface area contributed by atoms with Crippen LogP contribution >= 0.6 is 0 Å². The number of aryl methyl sites for hydroxylation is 2. The second-order valence-electron chi connectivity index (χ2n) is 5.65. The van der Waals surface area contributed by atoms with Gasteiger partial charge in [-0.2, -0.15) is 0 Å². The van der Waals surface area contributed by atoms with Gasteiger partial charge in [0.05, 0.1) is 0 Å². The molecule has 1 aromatic heterocycles. The molecular formula is C19H20N2O2. The summed E-state index contributed by atoms with van der Waals surface area (Å²) >= 11 is 0. The lowest BCUT2D eigenvalue weighted by Gasteiger charge is -2.08. The quantitative estimate of drug-likeness (QED) is 0.758. The van der Waals surface area contributed by atoms with Crippen molar-refractivity contribution in [1.29, 1.82) is 0 Å². The normalized spacial score (nSPS) is 10.7. The number of aromatic nitrogens is 1. The first-order chi connectivity index (χ1) is 11.1. The zero-order valence-electron chi connectivity index (χ0n) is 13.3. The molecule has 0 atom stereocenters. The van der Waals surface area contributed by atoms with Crippen LogP contribution in [0.15, 0.2) is 48.5 Å². The van der Waals surface area contributed by atoms with Crippen LogP contribution < -0.4 is 10.1 Å². The van der Waals surface area contributed by atoms with Crippen molar-refractivity contribution < 1.29 is 9.53 Å². The third kappa shape index (κ3) is 3.54. The van der Waals surface area contributed by atoms with Gasteiger partial charge in [-0.05, 0) is 37.6 Å². The molecule has 0 saturated heterocycles.